The molecule has 7 nitrogen and oxygen atoms in total. The van der Waals surface area contributed by atoms with Crippen molar-refractivity contribution in [2.75, 3.05) is 33.4 Å². The molecule has 3 N–H and O–H groups in total. The maximum Gasteiger partial charge on any atom is 0.326 e. The second-order valence-corrected chi connectivity index (χ2v) is 4.41. The number of methoxy groups -OCH3 is 1. The summed E-state index contributed by atoms with van der Waals surface area (Å²) in [6.45, 7) is 1.50. The van der Waals surface area contributed by atoms with Crippen LogP contribution in [0.3, 0.4) is 0 Å². The molecule has 0 aliphatic carbocycles. The van der Waals surface area contributed by atoms with Gasteiger partial charge in [-0.15, -0.1) is 0 Å². The normalized spacial score (nSPS) is 20.8. The van der Waals surface area contributed by atoms with Crippen LogP contribution in [0.4, 0.5) is 4.79 Å². The molecule has 104 valence electrons. The smallest absolute Gasteiger partial charge is 0.326 e. The lowest BCUT2D eigenvalue weighted by Crippen LogP contribution is -2.47. The summed E-state index contributed by atoms with van der Waals surface area (Å²) in [7, 11) is 1.62. The van der Waals surface area contributed by atoms with E-state index in [2.05, 4.69) is 5.32 Å². The predicted molar refractivity (Wildman–Crippen MR) is 63.2 cm³/mol. The zero-order valence-corrected chi connectivity index (χ0v) is 10.5. The summed E-state index contributed by atoms with van der Waals surface area (Å²) in [6.07, 6.45) is 0.870. The Bertz CT molecular complexity index is 297. The summed E-state index contributed by atoms with van der Waals surface area (Å²) < 4.78 is 5.03. The molecule has 0 aromatic rings. The van der Waals surface area contributed by atoms with Crippen LogP contribution in [-0.4, -0.2) is 66.6 Å². The van der Waals surface area contributed by atoms with Crippen molar-refractivity contribution in [2.24, 2.45) is 5.92 Å². The van der Waals surface area contributed by atoms with Crippen LogP contribution in [0, 0.1) is 5.92 Å². The van der Waals surface area contributed by atoms with Gasteiger partial charge >= 0.3 is 12.0 Å². The lowest BCUT2D eigenvalue weighted by molar-refractivity contribution is -0.139. The molecule has 0 bridgehead atoms. The highest BCUT2D eigenvalue weighted by Gasteiger charge is 2.28. The molecule has 2 atom stereocenters. The molecule has 1 heterocycles. The second kappa shape index (κ2) is 7.17. The molecule has 0 saturated carbocycles. The van der Waals surface area contributed by atoms with Gasteiger partial charge in [0.1, 0.15) is 6.04 Å². The maximum absolute atomic E-state index is 11.8. The molecule has 2 unspecified atom stereocenters. The van der Waals surface area contributed by atoms with Crippen molar-refractivity contribution >= 4 is 12.0 Å². The van der Waals surface area contributed by atoms with Gasteiger partial charge in [-0.05, 0) is 6.42 Å². The Labute approximate surface area is 106 Å². The van der Waals surface area contributed by atoms with Crippen LogP contribution in [0.25, 0.3) is 0 Å². The lowest BCUT2D eigenvalue weighted by atomic mass is 10.1. The molecule has 0 radical (unpaired) electrons. The highest BCUT2D eigenvalue weighted by molar-refractivity contribution is 5.82. The van der Waals surface area contributed by atoms with Gasteiger partial charge in [-0.1, -0.05) is 0 Å². The number of hydrogen-bond donors (Lipinski definition) is 3. The number of carboxylic acids is 1. The number of aliphatic hydroxyl groups is 1. The van der Waals surface area contributed by atoms with Crippen molar-refractivity contribution in [3.8, 4) is 0 Å². The van der Waals surface area contributed by atoms with Crippen LogP contribution in [0.5, 0.6) is 0 Å². The van der Waals surface area contributed by atoms with Gasteiger partial charge in [0.15, 0.2) is 0 Å². The van der Waals surface area contributed by atoms with E-state index in [0.717, 1.165) is 6.42 Å². The first kappa shape index (κ1) is 14.7. The predicted octanol–water partition coefficient (Wildman–Crippen LogP) is -0.500. The van der Waals surface area contributed by atoms with Gasteiger partial charge < -0.3 is 25.2 Å². The highest BCUT2D eigenvalue weighted by Crippen LogP contribution is 2.16. The summed E-state index contributed by atoms with van der Waals surface area (Å²) in [5.41, 5.74) is 0. The van der Waals surface area contributed by atoms with E-state index in [4.69, 9.17) is 14.9 Å². The van der Waals surface area contributed by atoms with Crippen molar-refractivity contribution in [2.45, 2.75) is 18.9 Å². The number of aliphatic hydroxyl groups excluding tert-OH is 1. The Hall–Kier alpha value is -1.34. The molecule has 0 aromatic carbocycles. The zero-order chi connectivity index (χ0) is 13.5. The molecule has 1 rings (SSSR count). The van der Waals surface area contributed by atoms with E-state index in [0.29, 0.717) is 25.6 Å². The van der Waals surface area contributed by atoms with Crippen molar-refractivity contribution in [3.63, 3.8) is 0 Å². The summed E-state index contributed by atoms with van der Waals surface area (Å²) in [5, 5.41) is 20.0. The number of hydrogen-bond acceptors (Lipinski definition) is 4. The number of aliphatic carboxylic acids is 1. The third kappa shape index (κ3) is 4.15. The quantitative estimate of drug-likeness (QED) is 0.598. The molecular weight excluding hydrogens is 240 g/mol. The summed E-state index contributed by atoms with van der Waals surface area (Å²) in [6, 6.07) is -1.43. The zero-order valence-electron chi connectivity index (χ0n) is 10.5. The largest absolute Gasteiger partial charge is 0.480 e. The number of carbonyl (C=O) groups is 2. The average Bonchev–Trinajstić information content (AvgIpc) is 2.77. The van der Waals surface area contributed by atoms with Gasteiger partial charge in [0.05, 0.1) is 6.61 Å². The van der Waals surface area contributed by atoms with E-state index in [1.54, 1.807) is 12.0 Å². The number of carbonyl (C=O) groups excluding carboxylic acids is 1. The van der Waals surface area contributed by atoms with E-state index in [-0.39, 0.29) is 13.0 Å². The monoisotopic (exact) mass is 260 g/mol. The Morgan fingerprint density at radius 2 is 2.28 bits per heavy atom. The molecule has 7 heteroatoms. The third-order valence-corrected chi connectivity index (χ3v) is 2.99. The first-order chi connectivity index (χ1) is 8.58. The molecule has 2 amide bonds. The van der Waals surface area contributed by atoms with Crippen molar-refractivity contribution in [1.82, 2.24) is 10.2 Å². The third-order valence-electron chi connectivity index (χ3n) is 2.99. The highest BCUT2D eigenvalue weighted by atomic mass is 16.5. The average molecular weight is 260 g/mol. The first-order valence-electron chi connectivity index (χ1n) is 5.96. The number of nitrogens with one attached hydrogen (secondary N) is 1. The summed E-state index contributed by atoms with van der Waals surface area (Å²) in [5.74, 6) is -0.827. The van der Waals surface area contributed by atoms with Crippen LogP contribution in [0.15, 0.2) is 0 Å². The number of amides is 2. The van der Waals surface area contributed by atoms with Crippen LogP contribution in [-0.2, 0) is 9.53 Å². The lowest BCUT2D eigenvalue weighted by Gasteiger charge is -2.20. The Balaban J connectivity index is 2.42. The molecule has 1 aliphatic heterocycles. The molecule has 0 spiro atoms. The molecule has 1 fully saturated rings. The van der Waals surface area contributed by atoms with E-state index in [9.17, 15) is 9.59 Å². The van der Waals surface area contributed by atoms with Crippen LogP contribution in [0.1, 0.15) is 12.8 Å². The number of rotatable bonds is 6. The fourth-order valence-electron chi connectivity index (χ4n) is 2.02. The molecule has 18 heavy (non-hydrogen) atoms. The van der Waals surface area contributed by atoms with Gasteiger partial charge in [0, 0.05) is 39.1 Å². The van der Waals surface area contributed by atoms with Crippen LogP contribution in [0.2, 0.25) is 0 Å². The van der Waals surface area contributed by atoms with Gasteiger partial charge in [-0.3, -0.25) is 0 Å². The number of ether oxygens (including phenoxy) is 1. The van der Waals surface area contributed by atoms with Gasteiger partial charge in [0.25, 0.3) is 0 Å². The van der Waals surface area contributed by atoms with E-state index in [1.807, 2.05) is 0 Å². The standard InChI is InChI=1S/C11H20N2O5/c1-18-7-8-2-4-13(6-8)11(17)12-9(3-5-14)10(15)16/h8-9,14H,2-7H2,1H3,(H,12,17)(H,15,16). The molecular formula is C11H20N2O5. The minimum absolute atomic E-state index is 0.0103. The molecule has 1 aliphatic rings. The second-order valence-electron chi connectivity index (χ2n) is 4.41. The SMILES string of the molecule is COCC1CCN(C(=O)NC(CCO)C(=O)O)C1. The fourth-order valence-corrected chi connectivity index (χ4v) is 2.02. The topological polar surface area (TPSA) is 99.1 Å². The summed E-state index contributed by atoms with van der Waals surface area (Å²) in [4.78, 5) is 24.2. The van der Waals surface area contributed by atoms with Gasteiger partial charge in [-0.2, -0.15) is 0 Å². The fraction of sp³-hybridized carbons (Fsp3) is 0.818. The molecule has 0 aromatic heterocycles. The van der Waals surface area contributed by atoms with E-state index >= 15 is 0 Å². The number of carboxylic acid groups (broad SMARTS) is 1. The van der Waals surface area contributed by atoms with Gasteiger partial charge in [-0.25, -0.2) is 9.59 Å². The Morgan fingerprint density at radius 3 is 2.83 bits per heavy atom. The first-order valence-corrected chi connectivity index (χ1v) is 5.96. The van der Waals surface area contributed by atoms with E-state index < -0.39 is 18.0 Å². The van der Waals surface area contributed by atoms with Crippen LogP contribution >= 0.6 is 0 Å². The van der Waals surface area contributed by atoms with Crippen molar-refractivity contribution < 1.29 is 24.5 Å². The van der Waals surface area contributed by atoms with E-state index in [1.165, 1.54) is 0 Å². The number of likely N-dealkylation sites (tertiary alicyclic amines) is 1. The minimum Gasteiger partial charge on any atom is -0.480 e. The molecule has 1 saturated heterocycles. The number of nitrogens with zero attached hydrogens (tertiary/aromatic N) is 1. The maximum atomic E-state index is 11.8. The van der Waals surface area contributed by atoms with Crippen LogP contribution < -0.4 is 5.32 Å². The van der Waals surface area contributed by atoms with Crippen molar-refractivity contribution in [1.29, 1.82) is 0 Å². The summed E-state index contributed by atoms with van der Waals surface area (Å²) >= 11 is 0. The Kier molecular flexibility index (Phi) is 5.87. The minimum atomic E-state index is -1.13. The van der Waals surface area contributed by atoms with Gasteiger partial charge in [0.2, 0.25) is 0 Å². The van der Waals surface area contributed by atoms with Crippen molar-refractivity contribution in [3.05, 3.63) is 0 Å². The Morgan fingerprint density at radius 1 is 1.56 bits per heavy atom. The number of urea groups is 1.